The summed E-state index contributed by atoms with van der Waals surface area (Å²) >= 11 is 0. The molecular weight excluding hydrogens is 448 g/mol. The highest BCUT2D eigenvalue weighted by molar-refractivity contribution is 6.10. The van der Waals surface area contributed by atoms with Crippen LogP contribution in [0.3, 0.4) is 0 Å². The van der Waals surface area contributed by atoms with Gasteiger partial charge in [-0.15, -0.1) is 0 Å². The third-order valence-corrected chi connectivity index (χ3v) is 7.93. The highest BCUT2D eigenvalue weighted by atomic mass is 15.0. The molecule has 1 aromatic heterocycles. The number of nitrogens with one attached hydrogen (secondary N) is 1. The molecule has 1 N–H and O–H groups in total. The van der Waals surface area contributed by atoms with Crippen molar-refractivity contribution in [3.8, 4) is 16.8 Å². The molecule has 0 atom stereocenters. The minimum atomic E-state index is -0.0118. The van der Waals surface area contributed by atoms with Crippen molar-refractivity contribution in [3.05, 3.63) is 132 Å². The first-order valence-corrected chi connectivity index (χ1v) is 12.8. The highest BCUT2D eigenvalue weighted by Crippen LogP contribution is 2.49. The van der Waals surface area contributed by atoms with Crippen LogP contribution < -0.4 is 5.32 Å². The summed E-state index contributed by atoms with van der Waals surface area (Å²) in [5, 5.41) is 6.19. The first kappa shape index (κ1) is 21.7. The fourth-order valence-corrected chi connectivity index (χ4v) is 6.04. The van der Waals surface area contributed by atoms with Gasteiger partial charge in [-0.25, -0.2) is 0 Å². The number of benzene rings is 5. The Balaban J connectivity index is 1.31. The van der Waals surface area contributed by atoms with Gasteiger partial charge in [-0.05, 0) is 76.3 Å². The summed E-state index contributed by atoms with van der Waals surface area (Å²) in [6.45, 7) is 8.54. The van der Waals surface area contributed by atoms with E-state index in [0.29, 0.717) is 0 Å². The molecule has 0 amide bonds. The normalized spacial score (nSPS) is 13.5. The van der Waals surface area contributed by atoms with E-state index < -0.39 is 0 Å². The van der Waals surface area contributed by atoms with E-state index in [0.717, 1.165) is 22.6 Å². The molecule has 2 nitrogen and oxygen atoms in total. The quantitative estimate of drug-likeness (QED) is 0.268. The molecule has 178 valence electrons. The molecule has 5 aromatic carbocycles. The number of rotatable bonds is 4. The number of hydrogen-bond donors (Lipinski definition) is 1. The van der Waals surface area contributed by atoms with E-state index in [1.54, 1.807) is 0 Å². The largest absolute Gasteiger partial charge is 0.355 e. The van der Waals surface area contributed by atoms with E-state index in [9.17, 15) is 0 Å². The summed E-state index contributed by atoms with van der Waals surface area (Å²) in [4.78, 5) is 0. The summed E-state index contributed by atoms with van der Waals surface area (Å²) in [5.41, 5.74) is 12.3. The summed E-state index contributed by atoms with van der Waals surface area (Å²) in [6, 6.07) is 39.5. The second-order valence-corrected chi connectivity index (χ2v) is 10.4. The average Bonchev–Trinajstić information content (AvgIpc) is 3.38. The van der Waals surface area contributed by atoms with Crippen LogP contribution in [-0.2, 0) is 5.41 Å². The van der Waals surface area contributed by atoms with Crippen molar-refractivity contribution in [2.45, 2.75) is 19.3 Å². The fourth-order valence-electron chi connectivity index (χ4n) is 6.04. The van der Waals surface area contributed by atoms with Gasteiger partial charge in [0.05, 0.1) is 11.0 Å². The maximum Gasteiger partial charge on any atom is 0.0542 e. The molecule has 0 radical (unpaired) electrons. The number of para-hydroxylation sites is 1. The lowest BCUT2D eigenvalue weighted by Gasteiger charge is -2.22. The van der Waals surface area contributed by atoms with Crippen LogP contribution in [0.1, 0.15) is 30.5 Å². The molecule has 0 bridgehead atoms. The first-order chi connectivity index (χ1) is 18.0. The molecule has 6 aromatic rings. The summed E-state index contributed by atoms with van der Waals surface area (Å²) in [7, 11) is 0. The molecule has 1 heterocycles. The van der Waals surface area contributed by atoms with Gasteiger partial charge in [0, 0.05) is 33.2 Å². The van der Waals surface area contributed by atoms with Crippen LogP contribution in [0.4, 0.5) is 11.4 Å². The van der Waals surface area contributed by atoms with E-state index in [4.69, 9.17) is 0 Å². The third-order valence-electron chi connectivity index (χ3n) is 7.93. The molecule has 0 unspecified atom stereocenters. The molecule has 1 aliphatic carbocycles. The van der Waals surface area contributed by atoms with Gasteiger partial charge in [0.1, 0.15) is 0 Å². The van der Waals surface area contributed by atoms with Gasteiger partial charge < -0.3 is 9.88 Å². The molecule has 0 aliphatic heterocycles. The van der Waals surface area contributed by atoms with Crippen molar-refractivity contribution >= 4 is 39.3 Å². The predicted octanol–water partition coefficient (Wildman–Crippen LogP) is 9.48. The number of fused-ring (bicyclic) bond motifs is 6. The van der Waals surface area contributed by atoms with Gasteiger partial charge in [0.15, 0.2) is 0 Å². The summed E-state index contributed by atoms with van der Waals surface area (Å²) < 4.78 is 2.34. The predicted molar refractivity (Wildman–Crippen MR) is 158 cm³/mol. The van der Waals surface area contributed by atoms with Crippen molar-refractivity contribution in [2.24, 2.45) is 0 Å². The van der Waals surface area contributed by atoms with Gasteiger partial charge in [-0.2, -0.15) is 0 Å². The van der Waals surface area contributed by atoms with Crippen molar-refractivity contribution in [1.82, 2.24) is 4.57 Å². The second kappa shape index (κ2) is 7.97. The standard InChI is InChI=1S/C35H28N2/c1-4-23-13-17-26(18-14-23)37-33-12-8-6-10-29(33)30-21-24(16-20-34(30)37)36-25-15-19-28-27-9-5-7-11-31(27)35(2,3)32(28)22-25/h4-22,36H,1H2,2-3H3. The van der Waals surface area contributed by atoms with Crippen LogP contribution >= 0.6 is 0 Å². The van der Waals surface area contributed by atoms with Crippen molar-refractivity contribution < 1.29 is 0 Å². The lowest BCUT2D eigenvalue weighted by molar-refractivity contribution is 0.660. The molecular formula is C35H28N2. The smallest absolute Gasteiger partial charge is 0.0542 e. The van der Waals surface area contributed by atoms with Crippen LogP contribution in [0.25, 0.3) is 44.7 Å². The first-order valence-electron chi connectivity index (χ1n) is 12.8. The van der Waals surface area contributed by atoms with Crippen LogP contribution in [0.5, 0.6) is 0 Å². The number of hydrogen-bond acceptors (Lipinski definition) is 1. The number of nitrogens with zero attached hydrogens (tertiary/aromatic N) is 1. The third kappa shape index (κ3) is 3.26. The van der Waals surface area contributed by atoms with Crippen LogP contribution in [0.2, 0.25) is 0 Å². The SMILES string of the molecule is C=Cc1ccc(-n2c3ccccc3c3cc(Nc4ccc5c(c4)C(C)(C)c4ccccc4-5)ccc32)cc1. The lowest BCUT2D eigenvalue weighted by Crippen LogP contribution is -2.15. The number of anilines is 2. The molecule has 0 saturated carbocycles. The maximum absolute atomic E-state index is 3.89. The van der Waals surface area contributed by atoms with Crippen molar-refractivity contribution in [3.63, 3.8) is 0 Å². The Kier molecular flexibility index (Phi) is 4.68. The summed E-state index contributed by atoms with van der Waals surface area (Å²) in [6.07, 6.45) is 1.88. The van der Waals surface area contributed by atoms with E-state index in [-0.39, 0.29) is 5.41 Å². The summed E-state index contributed by atoms with van der Waals surface area (Å²) in [5.74, 6) is 0. The molecule has 37 heavy (non-hydrogen) atoms. The molecule has 1 aliphatic rings. The average molecular weight is 477 g/mol. The van der Waals surface area contributed by atoms with Crippen LogP contribution in [-0.4, -0.2) is 4.57 Å². The lowest BCUT2D eigenvalue weighted by atomic mass is 9.82. The molecule has 0 saturated heterocycles. The van der Waals surface area contributed by atoms with Gasteiger partial charge >= 0.3 is 0 Å². The zero-order chi connectivity index (χ0) is 25.1. The monoisotopic (exact) mass is 476 g/mol. The Bertz CT molecular complexity index is 1830. The maximum atomic E-state index is 3.89. The van der Waals surface area contributed by atoms with Gasteiger partial charge in [0.2, 0.25) is 0 Å². The molecule has 0 spiro atoms. The Morgan fingerprint density at radius 1 is 0.649 bits per heavy atom. The van der Waals surface area contributed by atoms with Crippen molar-refractivity contribution in [2.75, 3.05) is 5.32 Å². The molecule has 7 rings (SSSR count). The van der Waals surface area contributed by atoms with Gasteiger partial charge in [-0.3, -0.25) is 0 Å². The highest BCUT2D eigenvalue weighted by Gasteiger charge is 2.35. The zero-order valence-corrected chi connectivity index (χ0v) is 21.1. The Hall–Kier alpha value is -4.56. The minimum absolute atomic E-state index is 0.0118. The zero-order valence-electron chi connectivity index (χ0n) is 21.1. The fraction of sp³-hybridized carbons (Fsp3) is 0.0857. The molecule has 2 heteroatoms. The van der Waals surface area contributed by atoms with Gasteiger partial charge in [-0.1, -0.05) is 87.2 Å². The van der Waals surface area contributed by atoms with Gasteiger partial charge in [0.25, 0.3) is 0 Å². The van der Waals surface area contributed by atoms with Crippen LogP contribution in [0.15, 0.2) is 116 Å². The molecule has 0 fully saturated rings. The van der Waals surface area contributed by atoms with Crippen LogP contribution in [0, 0.1) is 0 Å². The Morgan fingerprint density at radius 2 is 1.32 bits per heavy atom. The topological polar surface area (TPSA) is 17.0 Å². The Morgan fingerprint density at radius 3 is 2.16 bits per heavy atom. The van der Waals surface area contributed by atoms with E-state index >= 15 is 0 Å². The second-order valence-electron chi connectivity index (χ2n) is 10.4. The minimum Gasteiger partial charge on any atom is -0.355 e. The van der Waals surface area contributed by atoms with E-state index in [2.05, 4.69) is 140 Å². The Labute approximate surface area is 217 Å². The number of aromatic nitrogens is 1. The van der Waals surface area contributed by atoms with E-state index in [1.165, 1.54) is 44.1 Å². The van der Waals surface area contributed by atoms with Crippen molar-refractivity contribution in [1.29, 1.82) is 0 Å². The van der Waals surface area contributed by atoms with E-state index in [1.807, 2.05) is 6.08 Å².